The molecule has 7 rings (SSSR count). The van der Waals surface area contributed by atoms with Crippen LogP contribution >= 0.6 is 39.1 Å². The molecule has 3 fully saturated rings. The Hall–Kier alpha value is -3.87. The summed E-state index contributed by atoms with van der Waals surface area (Å²) in [5.74, 6) is -7.72. The van der Waals surface area contributed by atoms with Gasteiger partial charge in [0.2, 0.25) is 11.8 Å². The molecule has 1 saturated carbocycles. The number of carbonyl (C=O) groups excluding carboxylic acids is 4. The van der Waals surface area contributed by atoms with Gasteiger partial charge in [-0.3, -0.25) is 24.1 Å². The number of fused-ring (bicyclic) bond motifs is 5. The first-order valence-electron chi connectivity index (χ1n) is 13.9. The lowest BCUT2D eigenvalue weighted by atomic mass is 9.56. The molecule has 0 spiro atoms. The van der Waals surface area contributed by atoms with Crippen LogP contribution in [0.15, 0.2) is 59.9 Å². The Bertz CT molecular complexity index is 1830. The van der Waals surface area contributed by atoms with E-state index in [1.807, 2.05) is 0 Å². The van der Waals surface area contributed by atoms with E-state index in [-0.39, 0.29) is 36.2 Å². The number of carboxylic acid groups (broad SMARTS) is 1. The number of likely N-dealkylation sites (tertiary alicyclic amines) is 1. The second-order valence-electron chi connectivity index (χ2n) is 11.8. The number of benzene rings is 2. The number of carbonyl (C=O) groups is 5. The van der Waals surface area contributed by atoms with Crippen LogP contribution < -0.4 is 9.64 Å². The van der Waals surface area contributed by atoms with E-state index in [4.69, 9.17) is 27.9 Å². The van der Waals surface area contributed by atoms with Crippen LogP contribution in [0.1, 0.15) is 28.8 Å². The fourth-order valence-electron chi connectivity index (χ4n) is 7.66. The molecular weight excluding hydrogens is 695 g/mol. The first kappa shape index (κ1) is 29.8. The molecule has 0 radical (unpaired) electrons. The van der Waals surface area contributed by atoms with Crippen molar-refractivity contribution in [2.45, 2.75) is 29.0 Å². The predicted octanol–water partition coefficient (Wildman–Crippen LogP) is 4.06. The highest BCUT2D eigenvalue weighted by Gasteiger charge is 2.76. The Balaban J connectivity index is 1.34. The number of alkyl halides is 3. The number of carboxylic acids is 1. The molecule has 3 N–H and O–H groups in total. The molecule has 232 valence electrons. The molecule has 14 heteroatoms. The summed E-state index contributed by atoms with van der Waals surface area (Å²) < 4.78 is 5.89. The van der Waals surface area contributed by atoms with E-state index in [0.29, 0.717) is 22.5 Å². The maximum atomic E-state index is 14.1. The molecule has 2 aromatic rings. The Morgan fingerprint density at radius 3 is 2.47 bits per heavy atom. The van der Waals surface area contributed by atoms with E-state index in [1.54, 1.807) is 12.1 Å². The smallest absolute Gasteiger partial charge is 0.339 e. The number of nitrogens with zero attached hydrogens (tertiary/aromatic N) is 2. The van der Waals surface area contributed by atoms with E-state index in [0.717, 1.165) is 21.9 Å². The van der Waals surface area contributed by atoms with Crippen molar-refractivity contribution in [2.75, 3.05) is 10.4 Å². The van der Waals surface area contributed by atoms with Gasteiger partial charge in [-0.1, -0.05) is 27.6 Å². The third-order valence-electron chi connectivity index (χ3n) is 9.63. The average molecular weight is 718 g/mol. The molecule has 0 aromatic heterocycles. The summed E-state index contributed by atoms with van der Waals surface area (Å²) >= 11 is 17.7. The zero-order valence-corrected chi connectivity index (χ0v) is 26.2. The Kier molecular flexibility index (Phi) is 6.67. The second-order valence-corrected chi connectivity index (χ2v) is 13.5. The number of aromatic carboxylic acids is 1. The van der Waals surface area contributed by atoms with Gasteiger partial charge in [0, 0.05) is 24.0 Å². The number of phenolic OH excluding ortho intramolecular Hbond substituents is 1. The molecule has 2 aromatic carbocycles. The number of amides is 4. The number of ether oxygens (including phenoxy) is 1. The molecule has 4 amide bonds. The second kappa shape index (κ2) is 10.1. The molecule has 6 unspecified atom stereocenters. The Morgan fingerprint density at radius 1 is 1.02 bits per heavy atom. The van der Waals surface area contributed by atoms with Gasteiger partial charge in [0.15, 0.2) is 9.75 Å². The van der Waals surface area contributed by atoms with Gasteiger partial charge >= 0.3 is 5.97 Å². The van der Waals surface area contributed by atoms with Crippen LogP contribution in [0.2, 0.25) is 0 Å². The van der Waals surface area contributed by atoms with E-state index in [2.05, 4.69) is 15.9 Å². The lowest BCUT2D eigenvalue weighted by Gasteiger charge is -2.51. The number of phenols is 2. The van der Waals surface area contributed by atoms with Crippen molar-refractivity contribution in [3.63, 3.8) is 0 Å². The molecule has 2 saturated heterocycles. The lowest BCUT2D eigenvalue weighted by molar-refractivity contribution is -0.138. The van der Waals surface area contributed by atoms with Crippen LogP contribution in [0.5, 0.6) is 17.2 Å². The van der Waals surface area contributed by atoms with E-state index < -0.39 is 74.3 Å². The zero-order chi connectivity index (χ0) is 32.2. The minimum absolute atomic E-state index is 0.000439. The SMILES string of the molecule is O=C(O)c1ccc(N2C(=O)C3CC=C4C(CC5(Cl)C(=O)N(CBr)C(=O)C5(Cl)C4C4=COc5ccc(O)cc5C4)C3C2=O)cc1O. The van der Waals surface area contributed by atoms with Crippen molar-refractivity contribution in [3.05, 3.63) is 71.0 Å². The number of hydrogen-bond donors (Lipinski definition) is 3. The number of halogens is 3. The molecular formula is C31H23BrCl2N2O9. The topological polar surface area (TPSA) is 162 Å². The summed E-state index contributed by atoms with van der Waals surface area (Å²) in [7, 11) is 0. The van der Waals surface area contributed by atoms with Crippen molar-refractivity contribution in [1.82, 2.24) is 4.90 Å². The first-order valence-corrected chi connectivity index (χ1v) is 15.8. The third-order valence-corrected chi connectivity index (χ3v) is 11.5. The normalized spacial score (nSPS) is 31.9. The summed E-state index contributed by atoms with van der Waals surface area (Å²) in [6, 6.07) is 8.02. The molecule has 11 nitrogen and oxygen atoms in total. The highest BCUT2D eigenvalue weighted by Crippen LogP contribution is 2.65. The van der Waals surface area contributed by atoms with Gasteiger partial charge in [0.1, 0.15) is 22.8 Å². The van der Waals surface area contributed by atoms with Gasteiger partial charge in [-0.25, -0.2) is 9.69 Å². The van der Waals surface area contributed by atoms with Crippen LogP contribution in [0.4, 0.5) is 5.69 Å². The predicted molar refractivity (Wildman–Crippen MR) is 162 cm³/mol. The molecule has 3 aliphatic heterocycles. The zero-order valence-electron chi connectivity index (χ0n) is 23.1. The van der Waals surface area contributed by atoms with Crippen molar-refractivity contribution < 1.29 is 44.0 Å². The fourth-order valence-corrected chi connectivity index (χ4v) is 9.10. The number of aromatic hydroxyl groups is 2. The summed E-state index contributed by atoms with van der Waals surface area (Å²) in [5, 5.41) is 29.7. The van der Waals surface area contributed by atoms with Crippen molar-refractivity contribution in [2.24, 2.45) is 23.7 Å². The minimum atomic E-state index is -2.00. The summed E-state index contributed by atoms with van der Waals surface area (Å²) in [5.41, 5.74) is 1.13. The van der Waals surface area contributed by atoms with E-state index >= 15 is 0 Å². The van der Waals surface area contributed by atoms with Gasteiger partial charge in [-0.15, -0.1) is 23.2 Å². The van der Waals surface area contributed by atoms with Crippen LogP contribution in [0, 0.1) is 23.7 Å². The highest BCUT2D eigenvalue weighted by atomic mass is 79.9. The summed E-state index contributed by atoms with van der Waals surface area (Å²) in [4.78, 5) is 64.9. The van der Waals surface area contributed by atoms with Gasteiger partial charge < -0.3 is 20.1 Å². The standard InChI is InChI=1S/C31H23BrCl2N2O9/c32-12-35-28(43)30(33)10-20-17(24(31(30,34)29(35)44)14-7-13-8-16(37)2-6-22(13)45-11-14)4-5-19-23(20)26(40)36(25(19)39)15-1-3-18(27(41)42)21(38)9-15/h1-4,6,8-9,11,19-20,23-24,37-38H,5,7,10,12H2,(H,41,42). The molecule has 6 atom stereocenters. The van der Waals surface area contributed by atoms with E-state index in [9.17, 15) is 39.3 Å². The molecule has 3 heterocycles. The number of rotatable bonds is 4. The number of hydrogen-bond acceptors (Lipinski definition) is 8. The van der Waals surface area contributed by atoms with Gasteiger partial charge in [0.05, 0.1) is 29.2 Å². The average Bonchev–Trinajstić information content (AvgIpc) is 3.34. The largest absolute Gasteiger partial charge is 0.508 e. The number of anilines is 1. The quantitative estimate of drug-likeness (QED) is 0.183. The Labute approximate surface area is 273 Å². The molecule has 0 bridgehead atoms. The van der Waals surface area contributed by atoms with Gasteiger partial charge in [-0.05, 0) is 54.7 Å². The van der Waals surface area contributed by atoms with Crippen molar-refractivity contribution >= 4 is 74.4 Å². The van der Waals surface area contributed by atoms with Crippen LogP contribution in [0.3, 0.4) is 0 Å². The third kappa shape index (κ3) is 3.91. The van der Waals surface area contributed by atoms with Gasteiger partial charge in [0.25, 0.3) is 11.8 Å². The summed E-state index contributed by atoms with van der Waals surface area (Å²) in [6.07, 6.45) is 3.33. The molecule has 45 heavy (non-hydrogen) atoms. The number of allylic oxidation sites excluding steroid dienone is 3. The summed E-state index contributed by atoms with van der Waals surface area (Å²) in [6.45, 7) is 0. The molecule has 2 aliphatic carbocycles. The lowest BCUT2D eigenvalue weighted by Crippen LogP contribution is -2.61. The maximum Gasteiger partial charge on any atom is 0.339 e. The van der Waals surface area contributed by atoms with Crippen LogP contribution in [-0.4, -0.2) is 65.0 Å². The van der Waals surface area contributed by atoms with Crippen LogP contribution in [-0.2, 0) is 25.6 Å². The Morgan fingerprint density at radius 2 is 1.78 bits per heavy atom. The van der Waals surface area contributed by atoms with Gasteiger partial charge in [-0.2, -0.15) is 0 Å². The van der Waals surface area contributed by atoms with Crippen molar-refractivity contribution in [1.29, 1.82) is 0 Å². The van der Waals surface area contributed by atoms with Crippen LogP contribution in [0.25, 0.3) is 0 Å². The highest BCUT2D eigenvalue weighted by molar-refractivity contribution is 9.09. The first-order chi connectivity index (χ1) is 21.3. The van der Waals surface area contributed by atoms with Crippen molar-refractivity contribution in [3.8, 4) is 17.2 Å². The van der Waals surface area contributed by atoms with E-state index in [1.165, 1.54) is 24.5 Å². The number of imide groups is 2. The minimum Gasteiger partial charge on any atom is -0.508 e. The monoisotopic (exact) mass is 716 g/mol. The molecule has 5 aliphatic rings. The fraction of sp³-hybridized carbons (Fsp3) is 0.323. The maximum absolute atomic E-state index is 14.1.